The molecule has 2 nitrogen and oxygen atoms in total. The summed E-state index contributed by atoms with van der Waals surface area (Å²) < 4.78 is 28.4. The number of benzene rings is 2. The van der Waals surface area contributed by atoms with Crippen LogP contribution in [0.2, 0.25) is 0 Å². The number of nitrogens with one attached hydrogen (secondary N) is 1. The molecule has 21 heavy (non-hydrogen) atoms. The molecule has 0 fully saturated rings. The molecule has 0 saturated carbocycles. The van der Waals surface area contributed by atoms with Crippen LogP contribution in [0.15, 0.2) is 40.7 Å². The molecule has 0 atom stereocenters. The maximum absolute atomic E-state index is 13.1. The number of thiazole rings is 1. The highest BCUT2D eigenvalue weighted by molar-refractivity contribution is 8.00. The molecule has 0 bridgehead atoms. The van der Waals surface area contributed by atoms with Gasteiger partial charge in [-0.2, -0.15) is 0 Å². The van der Waals surface area contributed by atoms with Gasteiger partial charge in [0.1, 0.15) is 11.6 Å². The first-order chi connectivity index (χ1) is 10.1. The van der Waals surface area contributed by atoms with Crippen molar-refractivity contribution in [2.24, 2.45) is 0 Å². The molecule has 0 aliphatic carbocycles. The SMILES string of the molecule is CSc1nc2ccc(NCc3cc(F)cc(F)c3)cc2s1. The molecule has 2 aromatic carbocycles. The van der Waals surface area contributed by atoms with Crippen molar-refractivity contribution in [2.45, 2.75) is 10.9 Å². The van der Waals surface area contributed by atoms with E-state index >= 15 is 0 Å². The van der Waals surface area contributed by atoms with Crippen molar-refractivity contribution in [1.29, 1.82) is 0 Å². The molecule has 0 aliphatic rings. The van der Waals surface area contributed by atoms with Crippen LogP contribution in [-0.4, -0.2) is 11.2 Å². The molecule has 1 N–H and O–H groups in total. The molecular formula is C15H12F2N2S2. The summed E-state index contributed by atoms with van der Waals surface area (Å²) in [5.74, 6) is -1.12. The second kappa shape index (κ2) is 5.99. The normalized spacial score (nSPS) is 11.0. The third kappa shape index (κ3) is 3.33. The smallest absolute Gasteiger partial charge is 0.150 e. The zero-order valence-electron chi connectivity index (χ0n) is 11.2. The van der Waals surface area contributed by atoms with Crippen LogP contribution in [0.3, 0.4) is 0 Å². The van der Waals surface area contributed by atoms with Gasteiger partial charge in [0.2, 0.25) is 0 Å². The predicted molar refractivity (Wildman–Crippen MR) is 85.1 cm³/mol. The van der Waals surface area contributed by atoms with Crippen LogP contribution < -0.4 is 5.32 Å². The first kappa shape index (κ1) is 14.3. The molecule has 0 saturated heterocycles. The van der Waals surface area contributed by atoms with E-state index in [4.69, 9.17) is 0 Å². The van der Waals surface area contributed by atoms with Crippen LogP contribution in [0.5, 0.6) is 0 Å². The van der Waals surface area contributed by atoms with Gasteiger partial charge in [0.05, 0.1) is 10.2 Å². The largest absolute Gasteiger partial charge is 0.381 e. The van der Waals surface area contributed by atoms with Crippen LogP contribution >= 0.6 is 23.1 Å². The summed E-state index contributed by atoms with van der Waals surface area (Å²) in [7, 11) is 0. The molecular weight excluding hydrogens is 310 g/mol. The number of halogens is 2. The van der Waals surface area contributed by atoms with E-state index in [1.807, 2.05) is 24.5 Å². The van der Waals surface area contributed by atoms with Gasteiger partial charge in [0, 0.05) is 18.3 Å². The monoisotopic (exact) mass is 322 g/mol. The minimum absolute atomic E-state index is 0.369. The van der Waals surface area contributed by atoms with Gasteiger partial charge < -0.3 is 5.32 Å². The summed E-state index contributed by atoms with van der Waals surface area (Å²) in [6.45, 7) is 0.369. The van der Waals surface area contributed by atoms with Gasteiger partial charge in [-0.1, -0.05) is 11.8 Å². The second-order valence-electron chi connectivity index (χ2n) is 4.50. The highest BCUT2D eigenvalue weighted by Gasteiger charge is 2.05. The lowest BCUT2D eigenvalue weighted by molar-refractivity contribution is 0.580. The van der Waals surface area contributed by atoms with Gasteiger partial charge in [-0.05, 0) is 42.2 Å². The third-order valence-electron chi connectivity index (χ3n) is 2.96. The van der Waals surface area contributed by atoms with E-state index in [0.717, 1.165) is 26.3 Å². The van der Waals surface area contributed by atoms with E-state index in [0.29, 0.717) is 12.1 Å². The molecule has 0 amide bonds. The zero-order valence-corrected chi connectivity index (χ0v) is 12.8. The van der Waals surface area contributed by atoms with Crippen LogP contribution in [0, 0.1) is 11.6 Å². The molecule has 1 heterocycles. The lowest BCUT2D eigenvalue weighted by atomic mass is 10.2. The Morgan fingerprint density at radius 3 is 2.62 bits per heavy atom. The van der Waals surface area contributed by atoms with E-state index in [1.54, 1.807) is 23.1 Å². The van der Waals surface area contributed by atoms with Gasteiger partial charge in [-0.15, -0.1) is 11.3 Å². The van der Waals surface area contributed by atoms with Gasteiger partial charge >= 0.3 is 0 Å². The Morgan fingerprint density at radius 2 is 1.90 bits per heavy atom. The van der Waals surface area contributed by atoms with Crippen molar-refractivity contribution in [2.75, 3.05) is 11.6 Å². The van der Waals surface area contributed by atoms with Crippen LogP contribution in [-0.2, 0) is 6.54 Å². The molecule has 108 valence electrons. The Labute approximate surface area is 129 Å². The Morgan fingerprint density at radius 1 is 1.14 bits per heavy atom. The first-order valence-electron chi connectivity index (χ1n) is 6.27. The fourth-order valence-corrected chi connectivity index (χ4v) is 3.55. The summed E-state index contributed by atoms with van der Waals surface area (Å²) in [6, 6.07) is 9.39. The van der Waals surface area contributed by atoms with Gasteiger partial charge in [-0.25, -0.2) is 13.8 Å². The number of hydrogen-bond donors (Lipinski definition) is 1. The number of fused-ring (bicyclic) bond motifs is 1. The van der Waals surface area contributed by atoms with E-state index < -0.39 is 11.6 Å². The molecule has 0 aliphatic heterocycles. The maximum Gasteiger partial charge on any atom is 0.150 e. The maximum atomic E-state index is 13.1. The first-order valence-corrected chi connectivity index (χ1v) is 8.31. The second-order valence-corrected chi connectivity index (χ2v) is 6.58. The van der Waals surface area contributed by atoms with Crippen molar-refractivity contribution in [3.05, 3.63) is 53.6 Å². The number of rotatable bonds is 4. The number of nitrogens with zero attached hydrogens (tertiary/aromatic N) is 1. The van der Waals surface area contributed by atoms with Gasteiger partial charge in [0.15, 0.2) is 4.34 Å². The highest BCUT2D eigenvalue weighted by atomic mass is 32.2. The van der Waals surface area contributed by atoms with Crippen molar-refractivity contribution in [3.63, 3.8) is 0 Å². The van der Waals surface area contributed by atoms with Gasteiger partial charge in [0.25, 0.3) is 0 Å². The lowest BCUT2D eigenvalue weighted by Crippen LogP contribution is -2.00. The topological polar surface area (TPSA) is 24.9 Å². The Kier molecular flexibility index (Phi) is 4.07. The molecule has 1 aromatic heterocycles. The Bertz CT molecular complexity index is 766. The molecule has 3 rings (SSSR count). The summed E-state index contributed by atoms with van der Waals surface area (Å²) in [6.07, 6.45) is 2.00. The Balaban J connectivity index is 1.78. The number of thioether (sulfide) groups is 1. The average Bonchev–Trinajstić information content (AvgIpc) is 2.86. The molecule has 0 spiro atoms. The highest BCUT2D eigenvalue weighted by Crippen LogP contribution is 2.30. The molecule has 6 heteroatoms. The van der Waals surface area contributed by atoms with Crippen molar-refractivity contribution >= 4 is 39.0 Å². The van der Waals surface area contributed by atoms with Crippen LogP contribution in [0.25, 0.3) is 10.2 Å². The molecule has 0 radical (unpaired) electrons. The number of anilines is 1. The summed E-state index contributed by atoms with van der Waals surface area (Å²) in [5.41, 5.74) is 2.44. The lowest BCUT2D eigenvalue weighted by Gasteiger charge is -2.07. The van der Waals surface area contributed by atoms with E-state index in [1.165, 1.54) is 12.1 Å². The van der Waals surface area contributed by atoms with E-state index in [2.05, 4.69) is 10.3 Å². The fraction of sp³-hybridized carbons (Fsp3) is 0.133. The summed E-state index contributed by atoms with van der Waals surface area (Å²) in [4.78, 5) is 4.47. The zero-order chi connectivity index (χ0) is 14.8. The number of hydrogen-bond acceptors (Lipinski definition) is 4. The third-order valence-corrected chi connectivity index (χ3v) is 4.97. The molecule has 0 unspecified atom stereocenters. The Hall–Kier alpha value is -1.66. The van der Waals surface area contributed by atoms with Crippen LogP contribution in [0.4, 0.5) is 14.5 Å². The summed E-state index contributed by atoms with van der Waals surface area (Å²) in [5, 5.41) is 3.17. The average molecular weight is 322 g/mol. The minimum atomic E-state index is -0.561. The fourth-order valence-electron chi connectivity index (χ4n) is 2.02. The van der Waals surface area contributed by atoms with Crippen molar-refractivity contribution < 1.29 is 8.78 Å². The standard InChI is InChI=1S/C15H12F2N2S2/c1-20-15-19-13-3-2-12(7-14(13)21-15)18-8-9-4-10(16)6-11(17)5-9/h2-7,18H,8H2,1H3. The van der Waals surface area contributed by atoms with Crippen LogP contribution in [0.1, 0.15) is 5.56 Å². The van der Waals surface area contributed by atoms with Gasteiger partial charge in [-0.3, -0.25) is 0 Å². The predicted octanol–water partition coefficient (Wildman–Crippen LogP) is 4.91. The minimum Gasteiger partial charge on any atom is -0.381 e. The number of aromatic nitrogens is 1. The summed E-state index contributed by atoms with van der Waals surface area (Å²) >= 11 is 3.25. The molecule has 3 aromatic rings. The van der Waals surface area contributed by atoms with E-state index in [9.17, 15) is 8.78 Å². The van der Waals surface area contributed by atoms with E-state index in [-0.39, 0.29) is 0 Å². The van der Waals surface area contributed by atoms with Crippen molar-refractivity contribution in [1.82, 2.24) is 4.98 Å². The van der Waals surface area contributed by atoms with Crippen molar-refractivity contribution in [3.8, 4) is 0 Å². The quantitative estimate of drug-likeness (QED) is 0.691.